The number of nitrogens with one attached hydrogen (secondary N) is 1. The standard InChI is InChI=1S/C17H13F2N3O4S/c1-2-27(24,25)11-8-6-10(7-9-11)16-21-22-17(26-16)20-15(23)14-12(18)4-3-5-13(14)19/h3-9H,2H2,1H3,(H,20,22,23). The number of hydrogen-bond donors (Lipinski definition) is 1. The third kappa shape index (κ3) is 3.85. The number of aromatic nitrogens is 2. The van der Waals surface area contributed by atoms with E-state index in [0.29, 0.717) is 5.56 Å². The quantitative estimate of drug-likeness (QED) is 0.715. The molecule has 0 spiro atoms. The maximum atomic E-state index is 13.6. The average Bonchev–Trinajstić information content (AvgIpc) is 3.10. The van der Waals surface area contributed by atoms with Crippen LogP contribution in [0.2, 0.25) is 0 Å². The van der Waals surface area contributed by atoms with E-state index in [4.69, 9.17) is 4.42 Å². The number of carbonyl (C=O) groups is 1. The van der Waals surface area contributed by atoms with Crippen molar-refractivity contribution in [1.82, 2.24) is 10.2 Å². The highest BCUT2D eigenvalue weighted by atomic mass is 32.2. The first-order valence-electron chi connectivity index (χ1n) is 7.74. The van der Waals surface area contributed by atoms with Gasteiger partial charge < -0.3 is 4.42 Å². The molecule has 0 aliphatic rings. The van der Waals surface area contributed by atoms with Gasteiger partial charge in [-0.1, -0.05) is 18.1 Å². The Kier molecular flexibility index (Phi) is 5.00. The van der Waals surface area contributed by atoms with Gasteiger partial charge in [-0.3, -0.25) is 10.1 Å². The second-order valence-electron chi connectivity index (χ2n) is 5.39. The van der Waals surface area contributed by atoms with E-state index >= 15 is 0 Å². The van der Waals surface area contributed by atoms with Crippen LogP contribution in [0.1, 0.15) is 17.3 Å². The predicted molar refractivity (Wildman–Crippen MR) is 91.8 cm³/mol. The maximum absolute atomic E-state index is 13.6. The van der Waals surface area contributed by atoms with Crippen LogP contribution in [0, 0.1) is 11.6 Å². The van der Waals surface area contributed by atoms with Gasteiger partial charge in [-0.15, -0.1) is 5.10 Å². The molecule has 0 fully saturated rings. The summed E-state index contributed by atoms with van der Waals surface area (Å²) in [6.07, 6.45) is 0. The van der Waals surface area contributed by atoms with Crippen LogP contribution in [0.25, 0.3) is 11.5 Å². The van der Waals surface area contributed by atoms with E-state index in [-0.39, 0.29) is 22.6 Å². The SMILES string of the molecule is CCS(=O)(=O)c1ccc(-c2nnc(NC(=O)c3c(F)cccc3F)o2)cc1. The van der Waals surface area contributed by atoms with Gasteiger partial charge in [0.1, 0.15) is 17.2 Å². The molecule has 0 saturated heterocycles. The summed E-state index contributed by atoms with van der Waals surface area (Å²) >= 11 is 0. The second kappa shape index (κ2) is 7.23. The summed E-state index contributed by atoms with van der Waals surface area (Å²) in [4.78, 5) is 12.2. The molecular formula is C17H13F2N3O4S. The fourth-order valence-electron chi connectivity index (χ4n) is 2.24. The van der Waals surface area contributed by atoms with Gasteiger partial charge in [-0.25, -0.2) is 17.2 Å². The third-order valence-electron chi connectivity index (χ3n) is 3.68. The highest BCUT2D eigenvalue weighted by Gasteiger charge is 2.20. The molecular weight excluding hydrogens is 380 g/mol. The van der Waals surface area contributed by atoms with Crippen LogP contribution in [0.5, 0.6) is 0 Å². The Morgan fingerprint density at radius 1 is 1.07 bits per heavy atom. The zero-order valence-electron chi connectivity index (χ0n) is 13.9. The molecule has 3 rings (SSSR count). The maximum Gasteiger partial charge on any atom is 0.322 e. The number of amides is 1. The molecule has 0 bridgehead atoms. The molecule has 0 radical (unpaired) electrons. The molecule has 1 N–H and O–H groups in total. The van der Waals surface area contributed by atoms with Gasteiger partial charge in [0.25, 0.3) is 5.91 Å². The summed E-state index contributed by atoms with van der Waals surface area (Å²) in [5.74, 6) is -3.17. The number of sulfone groups is 1. The van der Waals surface area contributed by atoms with Gasteiger partial charge in [0, 0.05) is 5.56 Å². The van der Waals surface area contributed by atoms with Crippen molar-refractivity contribution in [3.8, 4) is 11.5 Å². The number of nitrogens with zero attached hydrogens (tertiary/aromatic N) is 2. The van der Waals surface area contributed by atoms with Crippen LogP contribution in [0.15, 0.2) is 51.8 Å². The van der Waals surface area contributed by atoms with E-state index < -0.39 is 32.9 Å². The minimum Gasteiger partial charge on any atom is -0.403 e. The summed E-state index contributed by atoms with van der Waals surface area (Å²) in [6.45, 7) is 1.54. The molecule has 10 heteroatoms. The largest absolute Gasteiger partial charge is 0.403 e. The molecule has 0 aliphatic carbocycles. The number of rotatable bonds is 5. The first-order valence-corrected chi connectivity index (χ1v) is 9.39. The molecule has 1 aromatic heterocycles. The number of anilines is 1. The minimum absolute atomic E-state index is 0.000230. The summed E-state index contributed by atoms with van der Waals surface area (Å²) in [7, 11) is -3.34. The van der Waals surface area contributed by atoms with Gasteiger partial charge in [0.05, 0.1) is 10.6 Å². The summed E-state index contributed by atoms with van der Waals surface area (Å²) in [5.41, 5.74) is -0.360. The van der Waals surface area contributed by atoms with E-state index in [0.717, 1.165) is 18.2 Å². The van der Waals surface area contributed by atoms with E-state index in [2.05, 4.69) is 15.5 Å². The smallest absolute Gasteiger partial charge is 0.322 e. The van der Waals surface area contributed by atoms with Gasteiger partial charge in [0.15, 0.2) is 9.84 Å². The Morgan fingerprint density at radius 2 is 1.70 bits per heavy atom. The number of hydrogen-bond acceptors (Lipinski definition) is 6. The number of carbonyl (C=O) groups excluding carboxylic acids is 1. The number of halogens is 2. The lowest BCUT2D eigenvalue weighted by atomic mass is 10.2. The molecule has 0 atom stereocenters. The average molecular weight is 393 g/mol. The fourth-order valence-corrected chi connectivity index (χ4v) is 3.12. The van der Waals surface area contributed by atoms with Crippen LogP contribution in [-0.2, 0) is 9.84 Å². The number of benzene rings is 2. The van der Waals surface area contributed by atoms with Crippen molar-refractivity contribution < 1.29 is 26.4 Å². The molecule has 0 unspecified atom stereocenters. The zero-order valence-corrected chi connectivity index (χ0v) is 14.8. The molecule has 140 valence electrons. The second-order valence-corrected chi connectivity index (χ2v) is 7.67. The van der Waals surface area contributed by atoms with Crippen molar-refractivity contribution in [3.05, 3.63) is 59.7 Å². The van der Waals surface area contributed by atoms with Crippen molar-refractivity contribution in [2.45, 2.75) is 11.8 Å². The van der Waals surface area contributed by atoms with Crippen LogP contribution in [-0.4, -0.2) is 30.3 Å². The first-order chi connectivity index (χ1) is 12.8. The molecule has 1 amide bonds. The van der Waals surface area contributed by atoms with E-state index in [9.17, 15) is 22.0 Å². The first kappa shape index (κ1) is 18.6. The highest BCUT2D eigenvalue weighted by molar-refractivity contribution is 7.91. The lowest BCUT2D eigenvalue weighted by Gasteiger charge is -2.03. The topological polar surface area (TPSA) is 102 Å². The van der Waals surface area contributed by atoms with Gasteiger partial charge in [-0.05, 0) is 36.4 Å². The highest BCUT2D eigenvalue weighted by Crippen LogP contribution is 2.23. The Morgan fingerprint density at radius 3 is 2.30 bits per heavy atom. The van der Waals surface area contributed by atoms with Crippen molar-refractivity contribution in [3.63, 3.8) is 0 Å². The van der Waals surface area contributed by atoms with Crippen LogP contribution in [0.3, 0.4) is 0 Å². The molecule has 27 heavy (non-hydrogen) atoms. The molecule has 7 nitrogen and oxygen atoms in total. The molecule has 1 heterocycles. The molecule has 2 aromatic carbocycles. The van der Waals surface area contributed by atoms with E-state index in [1.807, 2.05) is 0 Å². The summed E-state index contributed by atoms with van der Waals surface area (Å²) < 4.78 is 56.1. The predicted octanol–water partition coefficient (Wildman–Crippen LogP) is 3.06. The van der Waals surface area contributed by atoms with Crippen LogP contribution < -0.4 is 5.32 Å². The zero-order chi connectivity index (χ0) is 19.6. The van der Waals surface area contributed by atoms with E-state index in [1.54, 1.807) is 0 Å². The van der Waals surface area contributed by atoms with E-state index in [1.165, 1.54) is 31.2 Å². The van der Waals surface area contributed by atoms with Crippen molar-refractivity contribution in [2.24, 2.45) is 0 Å². The van der Waals surface area contributed by atoms with Crippen molar-refractivity contribution in [2.75, 3.05) is 11.1 Å². The van der Waals surface area contributed by atoms with Crippen molar-refractivity contribution >= 4 is 21.8 Å². The third-order valence-corrected chi connectivity index (χ3v) is 5.43. The fraction of sp³-hybridized carbons (Fsp3) is 0.118. The Labute approximate surface area is 153 Å². The molecule has 3 aromatic rings. The van der Waals surface area contributed by atoms with Gasteiger partial charge >= 0.3 is 6.01 Å². The minimum atomic E-state index is -3.34. The summed E-state index contributed by atoms with van der Waals surface area (Å²) in [5, 5.41) is 9.43. The lowest BCUT2D eigenvalue weighted by Crippen LogP contribution is -2.16. The molecule has 0 saturated carbocycles. The monoisotopic (exact) mass is 393 g/mol. The Balaban J connectivity index is 1.80. The molecule has 0 aliphatic heterocycles. The van der Waals surface area contributed by atoms with Gasteiger partial charge in [-0.2, -0.15) is 0 Å². The van der Waals surface area contributed by atoms with Crippen LogP contribution in [0.4, 0.5) is 14.8 Å². The van der Waals surface area contributed by atoms with Crippen molar-refractivity contribution in [1.29, 1.82) is 0 Å². The lowest BCUT2D eigenvalue weighted by molar-refractivity contribution is 0.101. The normalized spacial score (nSPS) is 11.4. The van der Waals surface area contributed by atoms with Crippen LogP contribution >= 0.6 is 0 Å². The Bertz CT molecular complexity index is 1080. The summed E-state index contributed by atoms with van der Waals surface area (Å²) in [6, 6.07) is 8.40. The van der Waals surface area contributed by atoms with Gasteiger partial charge in [0.2, 0.25) is 5.89 Å². The Hall–Kier alpha value is -3.14.